The zero-order valence-electron chi connectivity index (χ0n) is 15.3. The number of rotatable bonds is 8. The third kappa shape index (κ3) is 5.79. The predicted octanol–water partition coefficient (Wildman–Crippen LogP) is 4.50. The molecule has 0 unspecified atom stereocenters. The quantitative estimate of drug-likeness (QED) is 0.588. The molecule has 0 bridgehead atoms. The van der Waals surface area contributed by atoms with E-state index in [4.69, 9.17) is 11.6 Å². The molecule has 1 heterocycles. The third-order valence-corrected chi connectivity index (χ3v) is 4.55. The molecule has 28 heavy (non-hydrogen) atoms. The van der Waals surface area contributed by atoms with Gasteiger partial charge in [-0.25, -0.2) is 9.37 Å². The van der Waals surface area contributed by atoms with Crippen LogP contribution in [0.2, 0.25) is 5.02 Å². The lowest BCUT2D eigenvalue weighted by Gasteiger charge is -2.08. The Hall–Kier alpha value is -2.92. The van der Waals surface area contributed by atoms with E-state index in [1.165, 1.54) is 17.8 Å². The van der Waals surface area contributed by atoms with Gasteiger partial charge in [-0.2, -0.15) is 0 Å². The molecule has 3 aromatic rings. The summed E-state index contributed by atoms with van der Waals surface area (Å²) < 4.78 is 13.6. The molecule has 0 saturated heterocycles. The lowest BCUT2D eigenvalue weighted by molar-refractivity contribution is 0.0953. The minimum atomic E-state index is -0.257. The Morgan fingerprint density at radius 3 is 2.46 bits per heavy atom. The Bertz CT molecular complexity index is 914. The summed E-state index contributed by atoms with van der Waals surface area (Å²) in [5.41, 5.74) is 2.24. The van der Waals surface area contributed by atoms with Crippen LogP contribution in [-0.4, -0.2) is 24.0 Å². The standard InChI is InChI=1S/C22H21ClFN3O/c23-19-8-5-16(6-9-19)11-13-25-21-10-7-18(15-27-21)22(28)26-14-12-17-3-1-2-4-20(17)24/h1-10,15H,11-14H2,(H,25,27)(H,26,28). The number of anilines is 1. The van der Waals surface area contributed by atoms with Gasteiger partial charge in [0.25, 0.3) is 5.91 Å². The first kappa shape index (κ1) is 19.8. The molecule has 0 spiro atoms. The van der Waals surface area contributed by atoms with Crippen LogP contribution in [0.15, 0.2) is 66.9 Å². The summed E-state index contributed by atoms with van der Waals surface area (Å²) in [6.07, 6.45) is 2.82. The second kappa shape index (κ2) is 9.85. The van der Waals surface area contributed by atoms with E-state index >= 15 is 0 Å². The summed E-state index contributed by atoms with van der Waals surface area (Å²) in [5.74, 6) is 0.223. The van der Waals surface area contributed by atoms with Crippen molar-refractivity contribution in [2.45, 2.75) is 12.8 Å². The summed E-state index contributed by atoms with van der Waals surface area (Å²) in [7, 11) is 0. The van der Waals surface area contributed by atoms with Crippen LogP contribution in [0.1, 0.15) is 21.5 Å². The monoisotopic (exact) mass is 397 g/mol. The molecule has 2 N–H and O–H groups in total. The lowest BCUT2D eigenvalue weighted by atomic mass is 10.1. The smallest absolute Gasteiger partial charge is 0.252 e. The van der Waals surface area contributed by atoms with Crippen molar-refractivity contribution in [3.8, 4) is 0 Å². The van der Waals surface area contributed by atoms with Crippen LogP contribution in [0.4, 0.5) is 10.2 Å². The van der Waals surface area contributed by atoms with E-state index in [1.807, 2.05) is 24.3 Å². The average molecular weight is 398 g/mol. The molecular weight excluding hydrogens is 377 g/mol. The van der Waals surface area contributed by atoms with Crippen molar-refractivity contribution in [1.82, 2.24) is 10.3 Å². The molecule has 0 aliphatic heterocycles. The zero-order chi connectivity index (χ0) is 19.8. The zero-order valence-corrected chi connectivity index (χ0v) is 16.0. The minimum absolute atomic E-state index is 0.225. The van der Waals surface area contributed by atoms with Crippen molar-refractivity contribution in [3.63, 3.8) is 0 Å². The van der Waals surface area contributed by atoms with E-state index in [2.05, 4.69) is 15.6 Å². The predicted molar refractivity (Wildman–Crippen MR) is 110 cm³/mol. The molecular formula is C22H21ClFN3O. The van der Waals surface area contributed by atoms with Crippen LogP contribution in [0.5, 0.6) is 0 Å². The molecule has 0 fully saturated rings. The molecule has 0 aliphatic rings. The van der Waals surface area contributed by atoms with Gasteiger partial charge in [-0.3, -0.25) is 4.79 Å². The van der Waals surface area contributed by atoms with Gasteiger partial charge < -0.3 is 10.6 Å². The molecule has 0 saturated carbocycles. The van der Waals surface area contributed by atoms with Crippen LogP contribution in [-0.2, 0) is 12.8 Å². The van der Waals surface area contributed by atoms with Crippen LogP contribution in [0.25, 0.3) is 0 Å². The lowest BCUT2D eigenvalue weighted by Crippen LogP contribution is -2.26. The molecule has 1 aromatic heterocycles. The van der Waals surface area contributed by atoms with E-state index in [1.54, 1.807) is 30.3 Å². The number of carbonyl (C=O) groups is 1. The number of carbonyl (C=O) groups excluding carboxylic acids is 1. The minimum Gasteiger partial charge on any atom is -0.370 e. The molecule has 4 nitrogen and oxygen atoms in total. The normalized spacial score (nSPS) is 10.5. The molecule has 2 aromatic carbocycles. The highest BCUT2D eigenvalue weighted by Gasteiger charge is 2.07. The number of aromatic nitrogens is 1. The number of amides is 1. The SMILES string of the molecule is O=C(NCCc1ccccc1F)c1ccc(NCCc2ccc(Cl)cc2)nc1. The largest absolute Gasteiger partial charge is 0.370 e. The number of hydrogen-bond acceptors (Lipinski definition) is 3. The van der Waals surface area contributed by atoms with Gasteiger partial charge in [0, 0.05) is 24.3 Å². The molecule has 6 heteroatoms. The van der Waals surface area contributed by atoms with Gasteiger partial charge in [-0.1, -0.05) is 41.9 Å². The van der Waals surface area contributed by atoms with Crippen molar-refractivity contribution in [1.29, 1.82) is 0 Å². The van der Waals surface area contributed by atoms with Crippen molar-refractivity contribution in [2.24, 2.45) is 0 Å². The van der Waals surface area contributed by atoms with Gasteiger partial charge in [0.1, 0.15) is 11.6 Å². The maximum atomic E-state index is 13.6. The Labute approximate surface area is 168 Å². The van der Waals surface area contributed by atoms with E-state index in [0.29, 0.717) is 29.9 Å². The maximum absolute atomic E-state index is 13.6. The highest BCUT2D eigenvalue weighted by molar-refractivity contribution is 6.30. The van der Waals surface area contributed by atoms with Crippen molar-refractivity contribution < 1.29 is 9.18 Å². The Morgan fingerprint density at radius 2 is 1.75 bits per heavy atom. The fourth-order valence-electron chi connectivity index (χ4n) is 2.73. The first-order valence-electron chi connectivity index (χ1n) is 9.08. The summed E-state index contributed by atoms with van der Waals surface area (Å²) >= 11 is 5.88. The van der Waals surface area contributed by atoms with Crippen molar-refractivity contribution in [3.05, 3.63) is 94.4 Å². The number of halogens is 2. The van der Waals surface area contributed by atoms with Crippen molar-refractivity contribution >= 4 is 23.3 Å². The van der Waals surface area contributed by atoms with E-state index in [-0.39, 0.29) is 11.7 Å². The molecule has 3 rings (SSSR count). The fraction of sp³-hybridized carbons (Fsp3) is 0.182. The summed E-state index contributed by atoms with van der Waals surface area (Å²) in [5, 5.41) is 6.74. The van der Waals surface area contributed by atoms with Crippen LogP contribution < -0.4 is 10.6 Å². The van der Waals surface area contributed by atoms with Gasteiger partial charge in [0.15, 0.2) is 0 Å². The summed E-state index contributed by atoms with van der Waals surface area (Å²) in [6, 6.07) is 17.8. The number of pyridine rings is 1. The average Bonchev–Trinajstić information content (AvgIpc) is 2.71. The van der Waals surface area contributed by atoms with Crippen LogP contribution >= 0.6 is 11.6 Å². The van der Waals surface area contributed by atoms with Gasteiger partial charge >= 0.3 is 0 Å². The molecule has 144 valence electrons. The first-order chi connectivity index (χ1) is 13.6. The molecule has 1 amide bonds. The number of nitrogens with one attached hydrogen (secondary N) is 2. The van der Waals surface area contributed by atoms with Gasteiger partial charge in [-0.15, -0.1) is 0 Å². The molecule has 0 aliphatic carbocycles. The summed E-state index contributed by atoms with van der Waals surface area (Å²) in [6.45, 7) is 1.09. The molecule has 0 atom stereocenters. The van der Waals surface area contributed by atoms with E-state index < -0.39 is 0 Å². The second-order valence-corrected chi connectivity index (χ2v) is 6.77. The van der Waals surface area contributed by atoms with Crippen LogP contribution in [0, 0.1) is 5.82 Å². The third-order valence-electron chi connectivity index (χ3n) is 4.30. The maximum Gasteiger partial charge on any atom is 0.252 e. The summed E-state index contributed by atoms with van der Waals surface area (Å²) in [4.78, 5) is 16.5. The molecule has 0 radical (unpaired) electrons. The van der Waals surface area contributed by atoms with E-state index in [0.717, 1.165) is 18.0 Å². The second-order valence-electron chi connectivity index (χ2n) is 6.33. The fourth-order valence-corrected chi connectivity index (χ4v) is 2.86. The Balaban J connectivity index is 1.43. The Kier molecular flexibility index (Phi) is 6.98. The van der Waals surface area contributed by atoms with Crippen molar-refractivity contribution in [2.75, 3.05) is 18.4 Å². The first-order valence-corrected chi connectivity index (χ1v) is 9.45. The van der Waals surface area contributed by atoms with Gasteiger partial charge in [0.2, 0.25) is 0 Å². The Morgan fingerprint density at radius 1 is 0.964 bits per heavy atom. The highest BCUT2D eigenvalue weighted by atomic mass is 35.5. The number of nitrogens with zero attached hydrogens (tertiary/aromatic N) is 1. The highest BCUT2D eigenvalue weighted by Crippen LogP contribution is 2.11. The van der Waals surface area contributed by atoms with Crippen LogP contribution in [0.3, 0.4) is 0 Å². The number of hydrogen-bond donors (Lipinski definition) is 2. The topological polar surface area (TPSA) is 54.0 Å². The van der Waals surface area contributed by atoms with Gasteiger partial charge in [0.05, 0.1) is 5.56 Å². The number of benzene rings is 2. The van der Waals surface area contributed by atoms with E-state index in [9.17, 15) is 9.18 Å². The van der Waals surface area contributed by atoms with Gasteiger partial charge in [-0.05, 0) is 54.3 Å².